The summed E-state index contributed by atoms with van der Waals surface area (Å²) in [6, 6.07) is 6.86. The zero-order chi connectivity index (χ0) is 12.7. The molecule has 1 rings (SSSR count). The van der Waals surface area contributed by atoms with Crippen molar-refractivity contribution >= 4 is 17.6 Å². The van der Waals surface area contributed by atoms with Crippen molar-refractivity contribution in [3.8, 4) is 5.75 Å². The molecule has 1 atom stereocenters. The molecule has 0 aliphatic rings. The Morgan fingerprint density at radius 3 is 2.76 bits per heavy atom. The molecule has 4 nitrogen and oxygen atoms in total. The first-order valence-corrected chi connectivity index (χ1v) is 5.69. The quantitative estimate of drug-likeness (QED) is 0.791. The van der Waals surface area contributed by atoms with Gasteiger partial charge in [-0.05, 0) is 19.2 Å². The summed E-state index contributed by atoms with van der Waals surface area (Å²) in [5, 5.41) is 3.43. The monoisotopic (exact) mass is 257 g/mol. The van der Waals surface area contributed by atoms with Gasteiger partial charge in [0.2, 0.25) is 0 Å². The minimum Gasteiger partial charge on any atom is -0.492 e. The number of esters is 1. The summed E-state index contributed by atoms with van der Waals surface area (Å²) in [5.74, 6) is 0.323. The molecule has 0 fully saturated rings. The Morgan fingerprint density at radius 1 is 1.47 bits per heavy atom. The van der Waals surface area contributed by atoms with Gasteiger partial charge < -0.3 is 14.8 Å². The van der Waals surface area contributed by atoms with E-state index in [0.717, 1.165) is 0 Å². The molecule has 0 bridgehead atoms. The number of ether oxygens (including phenoxy) is 2. The number of likely N-dealkylation sites (N-methyl/N-ethyl adjacent to an activating group) is 1. The van der Waals surface area contributed by atoms with Crippen molar-refractivity contribution in [3.05, 3.63) is 29.3 Å². The zero-order valence-corrected chi connectivity index (χ0v) is 10.7. The van der Waals surface area contributed by atoms with Crippen LogP contribution < -0.4 is 10.1 Å². The van der Waals surface area contributed by atoms with Gasteiger partial charge in [-0.3, -0.25) is 4.79 Å². The van der Waals surface area contributed by atoms with E-state index in [1.54, 1.807) is 19.2 Å². The highest BCUT2D eigenvalue weighted by atomic mass is 35.5. The maximum Gasteiger partial charge on any atom is 0.322 e. The van der Waals surface area contributed by atoms with Crippen molar-refractivity contribution in [1.29, 1.82) is 0 Å². The fourth-order valence-electron chi connectivity index (χ4n) is 1.37. The lowest BCUT2D eigenvalue weighted by molar-refractivity contribution is -0.143. The Morgan fingerprint density at radius 2 is 2.18 bits per heavy atom. The molecular weight excluding hydrogens is 242 g/mol. The van der Waals surface area contributed by atoms with E-state index in [-0.39, 0.29) is 12.0 Å². The summed E-state index contributed by atoms with van der Waals surface area (Å²) in [6.45, 7) is 0.393. The lowest BCUT2D eigenvalue weighted by Gasteiger charge is -2.14. The first-order chi connectivity index (χ1) is 8.19. The van der Waals surface area contributed by atoms with Crippen molar-refractivity contribution in [1.82, 2.24) is 5.32 Å². The summed E-state index contributed by atoms with van der Waals surface area (Å²) in [5.41, 5.74) is 0. The van der Waals surface area contributed by atoms with Crippen molar-refractivity contribution in [2.45, 2.75) is 12.5 Å². The Labute approximate surface area is 106 Å². The number of hydrogen-bond donors (Lipinski definition) is 1. The average molecular weight is 258 g/mol. The number of benzene rings is 1. The number of nitrogens with one attached hydrogen (secondary N) is 1. The highest BCUT2D eigenvalue weighted by Gasteiger charge is 2.16. The van der Waals surface area contributed by atoms with Gasteiger partial charge in [0.1, 0.15) is 11.8 Å². The predicted octanol–water partition coefficient (Wildman–Crippen LogP) is 1.87. The molecule has 0 spiro atoms. The summed E-state index contributed by atoms with van der Waals surface area (Å²) >= 11 is 5.93. The lowest BCUT2D eigenvalue weighted by atomic mass is 10.2. The van der Waals surface area contributed by atoms with Crippen LogP contribution in [0.15, 0.2) is 24.3 Å². The number of halogens is 1. The van der Waals surface area contributed by atoms with Gasteiger partial charge >= 0.3 is 5.97 Å². The SMILES string of the molecule is CNC(CCOc1ccccc1Cl)C(=O)OC. The number of carbonyl (C=O) groups is 1. The summed E-state index contributed by atoms with van der Waals surface area (Å²) in [6.07, 6.45) is 0.522. The molecule has 17 heavy (non-hydrogen) atoms. The largest absolute Gasteiger partial charge is 0.492 e. The fraction of sp³-hybridized carbons (Fsp3) is 0.417. The number of methoxy groups -OCH3 is 1. The van der Waals surface area contributed by atoms with Gasteiger partial charge in [0, 0.05) is 6.42 Å². The summed E-state index contributed by atoms with van der Waals surface area (Å²) in [7, 11) is 3.07. The van der Waals surface area contributed by atoms with E-state index in [4.69, 9.17) is 16.3 Å². The number of hydrogen-bond acceptors (Lipinski definition) is 4. The molecule has 1 aromatic rings. The van der Waals surface area contributed by atoms with Crippen LogP contribution in [-0.2, 0) is 9.53 Å². The Hall–Kier alpha value is -1.26. The molecular formula is C12H16ClNO3. The summed E-state index contributed by atoms with van der Waals surface area (Å²) < 4.78 is 10.1. The Bertz CT molecular complexity index is 371. The molecule has 1 aromatic carbocycles. The second kappa shape index (κ2) is 7.14. The van der Waals surface area contributed by atoms with E-state index >= 15 is 0 Å². The van der Waals surface area contributed by atoms with E-state index in [2.05, 4.69) is 10.1 Å². The molecule has 0 aliphatic heterocycles. The van der Waals surface area contributed by atoms with Gasteiger partial charge in [0.05, 0.1) is 18.7 Å². The predicted molar refractivity (Wildman–Crippen MR) is 66.4 cm³/mol. The normalized spacial score (nSPS) is 11.9. The van der Waals surface area contributed by atoms with E-state index in [0.29, 0.717) is 23.8 Å². The first-order valence-electron chi connectivity index (χ1n) is 5.31. The molecule has 0 saturated carbocycles. The first kappa shape index (κ1) is 13.8. The number of para-hydroxylation sites is 1. The molecule has 1 unspecified atom stereocenters. The van der Waals surface area contributed by atoms with Crippen LogP contribution in [0.2, 0.25) is 5.02 Å². The van der Waals surface area contributed by atoms with Crippen molar-refractivity contribution < 1.29 is 14.3 Å². The fourth-order valence-corrected chi connectivity index (χ4v) is 1.56. The molecule has 1 N–H and O–H groups in total. The van der Waals surface area contributed by atoms with Gasteiger partial charge in [-0.2, -0.15) is 0 Å². The molecule has 94 valence electrons. The molecule has 0 aliphatic carbocycles. The van der Waals surface area contributed by atoms with Gasteiger partial charge in [-0.1, -0.05) is 23.7 Å². The van der Waals surface area contributed by atoms with E-state index in [1.807, 2.05) is 12.1 Å². The third kappa shape index (κ3) is 4.24. The van der Waals surface area contributed by atoms with Crippen LogP contribution in [0.1, 0.15) is 6.42 Å². The van der Waals surface area contributed by atoms with E-state index < -0.39 is 0 Å². The van der Waals surface area contributed by atoms with Gasteiger partial charge in [0.15, 0.2) is 0 Å². The second-order valence-corrected chi connectivity index (χ2v) is 3.84. The van der Waals surface area contributed by atoms with Crippen LogP contribution in [0, 0.1) is 0 Å². The van der Waals surface area contributed by atoms with Crippen molar-refractivity contribution in [2.24, 2.45) is 0 Å². The van der Waals surface area contributed by atoms with E-state index in [9.17, 15) is 4.79 Å². The Balaban J connectivity index is 2.42. The smallest absolute Gasteiger partial charge is 0.322 e. The molecule has 0 amide bonds. The molecule has 0 radical (unpaired) electrons. The minimum absolute atomic E-state index is 0.296. The number of rotatable bonds is 6. The van der Waals surface area contributed by atoms with Crippen molar-refractivity contribution in [3.63, 3.8) is 0 Å². The molecule has 0 saturated heterocycles. The van der Waals surface area contributed by atoms with Crippen LogP contribution in [0.3, 0.4) is 0 Å². The topological polar surface area (TPSA) is 47.6 Å². The maximum atomic E-state index is 11.3. The van der Waals surface area contributed by atoms with Crippen LogP contribution in [0.4, 0.5) is 0 Å². The third-order valence-electron chi connectivity index (χ3n) is 2.33. The van der Waals surface area contributed by atoms with Gasteiger partial charge in [-0.25, -0.2) is 0 Å². The molecule has 0 heterocycles. The molecule has 5 heteroatoms. The second-order valence-electron chi connectivity index (χ2n) is 3.43. The number of carbonyl (C=O) groups excluding carboxylic acids is 1. The highest BCUT2D eigenvalue weighted by molar-refractivity contribution is 6.32. The van der Waals surface area contributed by atoms with Crippen molar-refractivity contribution in [2.75, 3.05) is 20.8 Å². The van der Waals surface area contributed by atoms with Crippen LogP contribution in [-0.4, -0.2) is 32.8 Å². The standard InChI is InChI=1S/C12H16ClNO3/c1-14-10(12(15)16-2)7-8-17-11-6-4-3-5-9(11)13/h3-6,10,14H,7-8H2,1-2H3. The molecule has 0 aromatic heterocycles. The maximum absolute atomic E-state index is 11.3. The van der Waals surface area contributed by atoms with E-state index in [1.165, 1.54) is 7.11 Å². The summed E-state index contributed by atoms with van der Waals surface area (Å²) in [4.78, 5) is 11.3. The third-order valence-corrected chi connectivity index (χ3v) is 2.65. The van der Waals surface area contributed by atoms with Crippen LogP contribution >= 0.6 is 11.6 Å². The highest BCUT2D eigenvalue weighted by Crippen LogP contribution is 2.23. The zero-order valence-electron chi connectivity index (χ0n) is 9.90. The van der Waals surface area contributed by atoms with Crippen LogP contribution in [0.25, 0.3) is 0 Å². The lowest BCUT2D eigenvalue weighted by Crippen LogP contribution is -2.36. The average Bonchev–Trinajstić information content (AvgIpc) is 2.36. The van der Waals surface area contributed by atoms with Crippen LogP contribution in [0.5, 0.6) is 5.75 Å². The Kier molecular flexibility index (Phi) is 5.80. The minimum atomic E-state index is -0.359. The van der Waals surface area contributed by atoms with Gasteiger partial charge in [0.25, 0.3) is 0 Å². The van der Waals surface area contributed by atoms with Gasteiger partial charge in [-0.15, -0.1) is 0 Å².